The molecule has 1 aliphatic heterocycles. The molecule has 3 atom stereocenters. The third-order valence-electron chi connectivity index (χ3n) is 4.45. The Labute approximate surface area is 116 Å². The summed E-state index contributed by atoms with van der Waals surface area (Å²) in [6.07, 6.45) is 2.06. The molecule has 1 rings (SSSR count). The number of amides is 2. The van der Waals surface area contributed by atoms with Crippen molar-refractivity contribution in [1.29, 1.82) is 0 Å². The standard InChI is InChI=1S/C15H28N2O2/c1-7-12(8-2)10(5)17-11(6)14(18)16-13(9(3)4)15(17)19/h9-13H,7-8H2,1-6H3,(H,16,18). The zero-order valence-corrected chi connectivity index (χ0v) is 13.1. The summed E-state index contributed by atoms with van der Waals surface area (Å²) >= 11 is 0. The quantitative estimate of drug-likeness (QED) is 0.831. The topological polar surface area (TPSA) is 49.4 Å². The van der Waals surface area contributed by atoms with Gasteiger partial charge in [-0.05, 0) is 25.7 Å². The van der Waals surface area contributed by atoms with Crippen molar-refractivity contribution in [2.75, 3.05) is 0 Å². The molecule has 4 nitrogen and oxygen atoms in total. The number of nitrogens with zero attached hydrogens (tertiary/aromatic N) is 1. The maximum atomic E-state index is 12.6. The van der Waals surface area contributed by atoms with Crippen LogP contribution in [0.1, 0.15) is 54.4 Å². The van der Waals surface area contributed by atoms with Crippen LogP contribution in [0.3, 0.4) is 0 Å². The molecule has 1 N–H and O–H groups in total. The SMILES string of the molecule is CCC(CC)C(C)N1C(=O)C(C(C)C)NC(=O)C1C. The van der Waals surface area contributed by atoms with Gasteiger partial charge in [-0.25, -0.2) is 0 Å². The number of hydrogen-bond acceptors (Lipinski definition) is 2. The van der Waals surface area contributed by atoms with Crippen LogP contribution in [0.4, 0.5) is 0 Å². The van der Waals surface area contributed by atoms with Crippen LogP contribution in [0.25, 0.3) is 0 Å². The molecule has 0 saturated carbocycles. The van der Waals surface area contributed by atoms with E-state index in [0.717, 1.165) is 12.8 Å². The first-order chi connectivity index (χ1) is 8.84. The van der Waals surface area contributed by atoms with Crippen LogP contribution in [0.15, 0.2) is 0 Å². The maximum absolute atomic E-state index is 12.6. The second-order valence-electron chi connectivity index (χ2n) is 5.97. The van der Waals surface area contributed by atoms with Gasteiger partial charge in [0, 0.05) is 6.04 Å². The van der Waals surface area contributed by atoms with Crippen molar-refractivity contribution in [3.8, 4) is 0 Å². The molecule has 0 aliphatic carbocycles. The van der Waals surface area contributed by atoms with Crippen LogP contribution in [-0.2, 0) is 9.59 Å². The molecule has 4 heteroatoms. The summed E-state index contributed by atoms with van der Waals surface area (Å²) < 4.78 is 0. The monoisotopic (exact) mass is 268 g/mol. The average molecular weight is 268 g/mol. The van der Waals surface area contributed by atoms with E-state index in [0.29, 0.717) is 5.92 Å². The van der Waals surface area contributed by atoms with Crippen LogP contribution in [0.5, 0.6) is 0 Å². The third kappa shape index (κ3) is 3.10. The Hall–Kier alpha value is -1.06. The maximum Gasteiger partial charge on any atom is 0.246 e. The smallest absolute Gasteiger partial charge is 0.246 e. The van der Waals surface area contributed by atoms with E-state index in [9.17, 15) is 9.59 Å². The Bertz CT molecular complexity index is 337. The summed E-state index contributed by atoms with van der Waals surface area (Å²) in [6.45, 7) is 12.1. The largest absolute Gasteiger partial charge is 0.342 e. The van der Waals surface area contributed by atoms with E-state index in [1.807, 2.05) is 20.8 Å². The summed E-state index contributed by atoms with van der Waals surface area (Å²) in [5, 5.41) is 2.85. The molecule has 0 aromatic rings. The highest BCUT2D eigenvalue weighted by atomic mass is 16.2. The fraction of sp³-hybridized carbons (Fsp3) is 0.867. The minimum Gasteiger partial charge on any atom is -0.342 e. The van der Waals surface area contributed by atoms with Crippen molar-refractivity contribution < 1.29 is 9.59 Å². The predicted octanol–water partition coefficient (Wildman–Crippen LogP) is 2.18. The summed E-state index contributed by atoms with van der Waals surface area (Å²) in [4.78, 5) is 26.5. The lowest BCUT2D eigenvalue weighted by Crippen LogP contribution is -2.66. The molecule has 2 amide bonds. The van der Waals surface area contributed by atoms with Gasteiger partial charge in [0.05, 0.1) is 0 Å². The minimum absolute atomic E-state index is 0.0314. The van der Waals surface area contributed by atoms with Gasteiger partial charge in [-0.15, -0.1) is 0 Å². The third-order valence-corrected chi connectivity index (χ3v) is 4.45. The van der Waals surface area contributed by atoms with Crippen molar-refractivity contribution in [3.63, 3.8) is 0 Å². The number of rotatable bonds is 5. The van der Waals surface area contributed by atoms with Gasteiger partial charge in [-0.3, -0.25) is 9.59 Å². The molecule has 110 valence electrons. The molecule has 1 fully saturated rings. The van der Waals surface area contributed by atoms with Crippen molar-refractivity contribution in [3.05, 3.63) is 0 Å². The molecule has 3 unspecified atom stereocenters. The zero-order chi connectivity index (χ0) is 14.7. The molecule has 0 aromatic carbocycles. The van der Waals surface area contributed by atoms with E-state index in [4.69, 9.17) is 0 Å². The Morgan fingerprint density at radius 3 is 2.11 bits per heavy atom. The number of hydrogen-bond donors (Lipinski definition) is 1. The molecule has 0 aromatic heterocycles. The van der Waals surface area contributed by atoms with E-state index >= 15 is 0 Å². The highest BCUT2D eigenvalue weighted by Crippen LogP contribution is 2.25. The van der Waals surface area contributed by atoms with Gasteiger partial charge in [0.15, 0.2) is 0 Å². The minimum atomic E-state index is -0.375. The summed E-state index contributed by atoms with van der Waals surface area (Å²) in [7, 11) is 0. The van der Waals surface area contributed by atoms with Crippen molar-refractivity contribution in [2.24, 2.45) is 11.8 Å². The molecular formula is C15H28N2O2. The first-order valence-corrected chi connectivity index (χ1v) is 7.47. The number of carbonyl (C=O) groups is 2. The molecule has 0 spiro atoms. The number of carbonyl (C=O) groups excluding carboxylic acids is 2. The van der Waals surface area contributed by atoms with Gasteiger partial charge in [0.1, 0.15) is 12.1 Å². The summed E-state index contributed by atoms with van der Waals surface area (Å²) in [5.74, 6) is 0.614. The van der Waals surface area contributed by atoms with Gasteiger partial charge in [-0.2, -0.15) is 0 Å². The van der Waals surface area contributed by atoms with Crippen LogP contribution in [-0.4, -0.2) is 34.8 Å². The normalized spacial score (nSPS) is 26.0. The van der Waals surface area contributed by atoms with E-state index in [2.05, 4.69) is 26.1 Å². The Balaban J connectivity index is 3.00. The molecule has 1 saturated heterocycles. The highest BCUT2D eigenvalue weighted by Gasteiger charge is 2.42. The Morgan fingerprint density at radius 1 is 1.16 bits per heavy atom. The van der Waals surface area contributed by atoms with Gasteiger partial charge in [0.2, 0.25) is 11.8 Å². The van der Waals surface area contributed by atoms with Crippen LogP contribution in [0.2, 0.25) is 0 Å². The Kier molecular flexibility index (Phi) is 5.39. The Morgan fingerprint density at radius 2 is 1.68 bits per heavy atom. The zero-order valence-electron chi connectivity index (χ0n) is 13.1. The van der Waals surface area contributed by atoms with E-state index < -0.39 is 0 Å². The first-order valence-electron chi connectivity index (χ1n) is 7.47. The number of nitrogens with one attached hydrogen (secondary N) is 1. The van der Waals surface area contributed by atoms with E-state index in [-0.39, 0.29) is 35.9 Å². The van der Waals surface area contributed by atoms with E-state index in [1.165, 1.54) is 0 Å². The second-order valence-corrected chi connectivity index (χ2v) is 5.97. The molecule has 0 radical (unpaired) electrons. The molecule has 0 bridgehead atoms. The molecule has 19 heavy (non-hydrogen) atoms. The first kappa shape index (κ1) is 16.0. The second kappa shape index (κ2) is 6.40. The van der Waals surface area contributed by atoms with Crippen LogP contribution >= 0.6 is 0 Å². The summed E-state index contributed by atoms with van der Waals surface area (Å²) in [6, 6.07) is -0.622. The van der Waals surface area contributed by atoms with Crippen molar-refractivity contribution in [1.82, 2.24) is 10.2 Å². The lowest BCUT2D eigenvalue weighted by Gasteiger charge is -2.44. The lowest BCUT2D eigenvalue weighted by molar-refractivity contribution is -0.153. The molecule has 1 aliphatic rings. The average Bonchev–Trinajstić information content (AvgIpc) is 2.35. The van der Waals surface area contributed by atoms with Crippen molar-refractivity contribution >= 4 is 11.8 Å². The van der Waals surface area contributed by atoms with Crippen molar-refractivity contribution in [2.45, 2.75) is 72.5 Å². The van der Waals surface area contributed by atoms with Crippen LogP contribution in [0, 0.1) is 11.8 Å². The molecule has 1 heterocycles. The molecular weight excluding hydrogens is 240 g/mol. The summed E-state index contributed by atoms with van der Waals surface area (Å²) in [5.41, 5.74) is 0. The lowest BCUT2D eigenvalue weighted by atomic mass is 9.90. The fourth-order valence-corrected chi connectivity index (χ4v) is 3.02. The highest BCUT2D eigenvalue weighted by molar-refractivity contribution is 5.97. The van der Waals surface area contributed by atoms with Gasteiger partial charge >= 0.3 is 0 Å². The van der Waals surface area contributed by atoms with Gasteiger partial charge in [-0.1, -0.05) is 40.5 Å². The van der Waals surface area contributed by atoms with E-state index in [1.54, 1.807) is 4.90 Å². The van der Waals surface area contributed by atoms with Gasteiger partial charge in [0.25, 0.3) is 0 Å². The van der Waals surface area contributed by atoms with Crippen LogP contribution < -0.4 is 5.32 Å². The van der Waals surface area contributed by atoms with Gasteiger partial charge < -0.3 is 10.2 Å². The fourth-order valence-electron chi connectivity index (χ4n) is 3.02. The predicted molar refractivity (Wildman–Crippen MR) is 76.6 cm³/mol. The number of piperazine rings is 1.